The summed E-state index contributed by atoms with van der Waals surface area (Å²) in [4.78, 5) is 19.5. The van der Waals surface area contributed by atoms with E-state index in [2.05, 4.69) is 23.7 Å². The number of rotatable bonds is 8. The Labute approximate surface area is 149 Å². The first-order valence-electron chi connectivity index (χ1n) is 8.60. The summed E-state index contributed by atoms with van der Waals surface area (Å²) in [6.07, 6.45) is 6.38. The van der Waals surface area contributed by atoms with E-state index in [9.17, 15) is 4.79 Å². The first-order chi connectivity index (χ1) is 11.7. The molecule has 1 aromatic rings. The third kappa shape index (κ3) is 4.87. The molecule has 1 heterocycles. The highest BCUT2D eigenvalue weighted by Crippen LogP contribution is 2.32. The van der Waals surface area contributed by atoms with Gasteiger partial charge in [0.2, 0.25) is 0 Å². The normalized spacial score (nSPS) is 15.7. The molecule has 2 rings (SSSR count). The zero-order valence-corrected chi connectivity index (χ0v) is 15.6. The number of amides is 1. The van der Waals surface area contributed by atoms with E-state index in [0.29, 0.717) is 4.91 Å². The number of ether oxygens (including phenoxy) is 1. The van der Waals surface area contributed by atoms with E-state index in [1.54, 1.807) is 7.11 Å². The highest BCUT2D eigenvalue weighted by Gasteiger charge is 2.26. The number of para-hydroxylation sites is 1. The maximum Gasteiger partial charge on any atom is 0.286 e. The second-order valence-electron chi connectivity index (χ2n) is 5.75. The highest BCUT2D eigenvalue weighted by atomic mass is 32.2. The third-order valence-electron chi connectivity index (χ3n) is 3.87. The molecule has 0 bridgehead atoms. The van der Waals surface area contributed by atoms with Crippen molar-refractivity contribution >= 4 is 28.9 Å². The fourth-order valence-electron chi connectivity index (χ4n) is 2.46. The van der Waals surface area contributed by atoms with Gasteiger partial charge < -0.3 is 9.64 Å². The molecule has 4 nitrogen and oxygen atoms in total. The Morgan fingerprint density at radius 3 is 2.46 bits per heavy atom. The van der Waals surface area contributed by atoms with E-state index in [-0.39, 0.29) is 5.91 Å². The van der Waals surface area contributed by atoms with Crippen LogP contribution in [0, 0.1) is 0 Å². The number of thioether (sulfide) groups is 1. The number of amidine groups is 1. The first kappa shape index (κ1) is 18.6. The van der Waals surface area contributed by atoms with Crippen LogP contribution in [0.1, 0.15) is 45.1 Å². The molecule has 0 N–H and O–H groups in total. The van der Waals surface area contributed by atoms with E-state index >= 15 is 0 Å². The molecule has 5 heteroatoms. The number of aliphatic imine (C=N–C) groups is 1. The SMILES string of the molecule is CCCCN(CCCC)C1=NC(=O)C(=Cc2ccccc2OC)S1. The van der Waals surface area contributed by atoms with E-state index in [4.69, 9.17) is 4.74 Å². The fraction of sp³-hybridized carbons (Fsp3) is 0.474. The summed E-state index contributed by atoms with van der Waals surface area (Å²) < 4.78 is 5.36. The molecule has 0 spiro atoms. The number of nitrogens with zero attached hydrogens (tertiary/aromatic N) is 2. The summed E-state index contributed by atoms with van der Waals surface area (Å²) in [6.45, 7) is 6.27. The van der Waals surface area contributed by atoms with Gasteiger partial charge in [-0.05, 0) is 36.7 Å². The number of hydrogen-bond donors (Lipinski definition) is 0. The standard InChI is InChI=1S/C19H26N2O2S/c1-4-6-12-21(13-7-5-2)19-20-18(22)17(24-19)14-15-10-8-9-11-16(15)23-3/h8-11,14H,4-7,12-13H2,1-3H3. The van der Waals surface area contributed by atoms with Crippen molar-refractivity contribution < 1.29 is 9.53 Å². The minimum atomic E-state index is -0.154. The second-order valence-corrected chi connectivity index (χ2v) is 6.76. The van der Waals surface area contributed by atoms with Crippen molar-refractivity contribution in [2.45, 2.75) is 39.5 Å². The van der Waals surface area contributed by atoms with Crippen LogP contribution in [-0.2, 0) is 4.79 Å². The number of carbonyl (C=O) groups excluding carboxylic acids is 1. The predicted molar refractivity (Wildman–Crippen MR) is 102 cm³/mol. The van der Waals surface area contributed by atoms with Gasteiger partial charge in [-0.2, -0.15) is 4.99 Å². The minimum absolute atomic E-state index is 0.154. The molecule has 0 aliphatic carbocycles. The van der Waals surface area contributed by atoms with Gasteiger partial charge in [0.25, 0.3) is 5.91 Å². The monoisotopic (exact) mass is 346 g/mol. The summed E-state index contributed by atoms with van der Waals surface area (Å²) in [5.41, 5.74) is 0.904. The van der Waals surface area contributed by atoms with E-state index in [1.807, 2.05) is 30.3 Å². The molecule has 1 aliphatic heterocycles. The second kappa shape index (κ2) is 9.52. The van der Waals surface area contributed by atoms with Crippen molar-refractivity contribution in [3.8, 4) is 5.75 Å². The third-order valence-corrected chi connectivity index (χ3v) is 4.91. The summed E-state index contributed by atoms with van der Waals surface area (Å²) in [5.74, 6) is 0.611. The van der Waals surface area contributed by atoms with Crippen molar-refractivity contribution in [2.75, 3.05) is 20.2 Å². The lowest BCUT2D eigenvalue weighted by molar-refractivity contribution is -0.113. The molecule has 130 valence electrons. The molecule has 0 fully saturated rings. The number of hydrogen-bond acceptors (Lipinski definition) is 4. The minimum Gasteiger partial charge on any atom is -0.496 e. The van der Waals surface area contributed by atoms with E-state index < -0.39 is 0 Å². The highest BCUT2D eigenvalue weighted by molar-refractivity contribution is 8.18. The smallest absolute Gasteiger partial charge is 0.286 e. The van der Waals surface area contributed by atoms with Crippen LogP contribution in [0.25, 0.3) is 6.08 Å². The van der Waals surface area contributed by atoms with Gasteiger partial charge >= 0.3 is 0 Å². The van der Waals surface area contributed by atoms with Crippen molar-refractivity contribution in [1.82, 2.24) is 4.90 Å². The van der Waals surface area contributed by atoms with Crippen molar-refractivity contribution in [3.05, 3.63) is 34.7 Å². The Balaban J connectivity index is 2.14. The Morgan fingerprint density at radius 1 is 1.17 bits per heavy atom. The average Bonchev–Trinajstić information content (AvgIpc) is 2.96. The molecule has 1 amide bonds. The molecule has 24 heavy (non-hydrogen) atoms. The lowest BCUT2D eigenvalue weighted by Crippen LogP contribution is -2.30. The van der Waals surface area contributed by atoms with Gasteiger partial charge in [0.05, 0.1) is 12.0 Å². The van der Waals surface area contributed by atoms with Crippen LogP contribution in [0.4, 0.5) is 0 Å². The summed E-state index contributed by atoms with van der Waals surface area (Å²) in [6, 6.07) is 7.70. The van der Waals surface area contributed by atoms with Crippen LogP contribution in [0.5, 0.6) is 5.75 Å². The zero-order valence-electron chi connectivity index (χ0n) is 14.7. The van der Waals surface area contributed by atoms with Crippen LogP contribution in [-0.4, -0.2) is 36.2 Å². The maximum atomic E-state index is 12.3. The molecular weight excluding hydrogens is 320 g/mol. The number of carbonyl (C=O) groups is 1. The van der Waals surface area contributed by atoms with Crippen LogP contribution in [0.15, 0.2) is 34.2 Å². The molecule has 0 aromatic heterocycles. The van der Waals surface area contributed by atoms with Gasteiger partial charge in [0, 0.05) is 18.7 Å². The van der Waals surface area contributed by atoms with Crippen LogP contribution in [0.2, 0.25) is 0 Å². The molecular formula is C19H26N2O2S. The van der Waals surface area contributed by atoms with Crippen LogP contribution >= 0.6 is 11.8 Å². The Bertz CT molecular complexity index is 618. The van der Waals surface area contributed by atoms with Gasteiger partial charge in [-0.1, -0.05) is 44.9 Å². The maximum absolute atomic E-state index is 12.3. The van der Waals surface area contributed by atoms with Crippen molar-refractivity contribution in [3.63, 3.8) is 0 Å². The molecule has 0 saturated carbocycles. The summed E-state index contributed by atoms with van der Waals surface area (Å²) >= 11 is 1.47. The average molecular weight is 346 g/mol. The van der Waals surface area contributed by atoms with Gasteiger partial charge in [-0.25, -0.2) is 0 Å². The lowest BCUT2D eigenvalue weighted by atomic mass is 10.2. The number of benzene rings is 1. The number of methoxy groups -OCH3 is 1. The molecule has 0 radical (unpaired) electrons. The summed E-state index contributed by atoms with van der Waals surface area (Å²) in [5, 5.41) is 0.836. The summed E-state index contributed by atoms with van der Waals surface area (Å²) in [7, 11) is 1.64. The molecule has 1 aromatic carbocycles. The van der Waals surface area contributed by atoms with E-state index in [1.165, 1.54) is 11.8 Å². The molecule has 0 atom stereocenters. The Hall–Kier alpha value is -1.75. The first-order valence-corrected chi connectivity index (χ1v) is 9.41. The van der Waals surface area contributed by atoms with Gasteiger partial charge in [0.15, 0.2) is 5.17 Å². The van der Waals surface area contributed by atoms with Gasteiger partial charge in [0.1, 0.15) is 5.75 Å². The zero-order chi connectivity index (χ0) is 17.4. The largest absolute Gasteiger partial charge is 0.496 e. The predicted octanol–water partition coefficient (Wildman–Crippen LogP) is 4.57. The molecule has 0 unspecified atom stereocenters. The molecule has 0 saturated heterocycles. The van der Waals surface area contributed by atoms with Crippen molar-refractivity contribution in [1.29, 1.82) is 0 Å². The topological polar surface area (TPSA) is 41.9 Å². The van der Waals surface area contributed by atoms with Gasteiger partial charge in [-0.15, -0.1) is 0 Å². The Kier molecular flexibility index (Phi) is 7.37. The molecule has 1 aliphatic rings. The quantitative estimate of drug-likeness (QED) is 0.647. The van der Waals surface area contributed by atoms with Crippen LogP contribution < -0.4 is 4.74 Å². The number of unbranched alkanes of at least 4 members (excludes halogenated alkanes) is 2. The van der Waals surface area contributed by atoms with Gasteiger partial charge in [-0.3, -0.25) is 4.79 Å². The fourth-order valence-corrected chi connectivity index (χ4v) is 3.42. The van der Waals surface area contributed by atoms with Crippen LogP contribution in [0.3, 0.4) is 0 Å². The Morgan fingerprint density at radius 2 is 1.83 bits per heavy atom. The lowest BCUT2D eigenvalue weighted by Gasteiger charge is -2.23. The van der Waals surface area contributed by atoms with E-state index in [0.717, 1.165) is 55.3 Å². The van der Waals surface area contributed by atoms with Crippen molar-refractivity contribution in [2.24, 2.45) is 4.99 Å².